The second-order valence-corrected chi connectivity index (χ2v) is 3.58. The maximum absolute atomic E-state index is 11.1. The van der Waals surface area contributed by atoms with Crippen molar-refractivity contribution in [3.8, 4) is 0 Å². The molecule has 1 rings (SSSR count). The third-order valence-corrected chi connectivity index (χ3v) is 1.91. The summed E-state index contributed by atoms with van der Waals surface area (Å²) in [6, 6.07) is 7.55. The van der Waals surface area contributed by atoms with Gasteiger partial charge in [0.05, 0.1) is 5.56 Å². The monoisotopic (exact) mass is 218 g/mol. The normalized spacial score (nSPS) is 14.4. The molecule has 1 atom stereocenters. The highest BCUT2D eigenvalue weighted by Gasteiger charge is 2.26. The van der Waals surface area contributed by atoms with Crippen molar-refractivity contribution < 1.29 is 28.7 Å². The highest BCUT2D eigenvalue weighted by molar-refractivity contribution is 7.47. The number of hydrogen-bond donors (Lipinski definition) is 2. The minimum absolute atomic E-state index is 0.0822. The molecular weight excluding hydrogens is 211 g/mol. The van der Waals surface area contributed by atoms with Crippen LogP contribution in [0, 0.1) is 0 Å². The minimum atomic E-state index is -4.69. The zero-order valence-electron chi connectivity index (χ0n) is 6.86. The van der Waals surface area contributed by atoms with Gasteiger partial charge in [-0.15, -0.1) is 4.67 Å². The fourth-order valence-electron chi connectivity index (χ4n) is 0.748. The average Bonchev–Trinajstić information content (AvgIpc) is 2.19. The number of benzene rings is 1. The lowest BCUT2D eigenvalue weighted by molar-refractivity contribution is -0.158. The van der Waals surface area contributed by atoms with Crippen LogP contribution in [-0.4, -0.2) is 16.1 Å². The average molecular weight is 218 g/mol. The maximum Gasteiger partial charge on any atom is 0.557 e. The zero-order chi connectivity index (χ0) is 10.6. The van der Waals surface area contributed by atoms with E-state index < -0.39 is 13.8 Å². The van der Waals surface area contributed by atoms with Gasteiger partial charge in [-0.1, -0.05) is 18.2 Å². The molecule has 0 aliphatic heterocycles. The van der Waals surface area contributed by atoms with Gasteiger partial charge in [-0.25, -0.2) is 14.6 Å². The smallest absolute Gasteiger partial charge is 0.365 e. The lowest BCUT2D eigenvalue weighted by Crippen LogP contribution is -2.03. The Morgan fingerprint density at radius 2 is 1.86 bits per heavy atom. The molecule has 1 aromatic rings. The number of phosphoric ester groups is 1. The molecule has 0 heterocycles. The Morgan fingerprint density at radius 1 is 1.29 bits per heavy atom. The molecule has 0 saturated carbocycles. The zero-order valence-corrected chi connectivity index (χ0v) is 7.76. The highest BCUT2D eigenvalue weighted by Crippen LogP contribution is 2.42. The Morgan fingerprint density at radius 3 is 2.36 bits per heavy atom. The summed E-state index contributed by atoms with van der Waals surface area (Å²) in [5, 5.41) is 7.90. The van der Waals surface area contributed by atoms with Gasteiger partial charge in [0.1, 0.15) is 0 Å². The standard InChI is InChI=1S/C7H7O6P/c8-7(12-14(10,11)13-9)6-4-2-1-3-5-6/h1-5,9H,(H,10,11). The van der Waals surface area contributed by atoms with Crippen LogP contribution in [0.3, 0.4) is 0 Å². The van der Waals surface area contributed by atoms with Gasteiger partial charge in [-0.2, -0.15) is 0 Å². The van der Waals surface area contributed by atoms with Gasteiger partial charge in [0.15, 0.2) is 0 Å². The van der Waals surface area contributed by atoms with Crippen LogP contribution in [0.2, 0.25) is 0 Å². The predicted octanol–water partition coefficient (Wildman–Crippen LogP) is 1.43. The number of carbonyl (C=O) groups excluding carboxylic acids is 1. The van der Waals surface area contributed by atoms with Gasteiger partial charge in [0.25, 0.3) is 0 Å². The predicted molar refractivity (Wildman–Crippen MR) is 45.4 cm³/mol. The van der Waals surface area contributed by atoms with Gasteiger partial charge in [0, 0.05) is 0 Å². The van der Waals surface area contributed by atoms with E-state index in [4.69, 9.17) is 10.2 Å². The van der Waals surface area contributed by atoms with Crippen LogP contribution in [-0.2, 0) is 13.8 Å². The lowest BCUT2D eigenvalue weighted by Gasteiger charge is -2.06. The second-order valence-electron chi connectivity index (χ2n) is 2.29. The summed E-state index contributed by atoms with van der Waals surface area (Å²) in [5.74, 6) is -1.05. The first-order valence-corrected chi connectivity index (χ1v) is 4.99. The van der Waals surface area contributed by atoms with Crippen LogP contribution in [0.1, 0.15) is 10.4 Å². The van der Waals surface area contributed by atoms with Crippen LogP contribution in [0.25, 0.3) is 0 Å². The lowest BCUT2D eigenvalue weighted by atomic mass is 10.2. The van der Waals surface area contributed by atoms with E-state index in [9.17, 15) is 9.36 Å². The number of hydrogen-bond acceptors (Lipinski definition) is 5. The molecule has 0 spiro atoms. The van der Waals surface area contributed by atoms with Gasteiger partial charge >= 0.3 is 13.8 Å². The summed E-state index contributed by atoms with van der Waals surface area (Å²) in [7, 11) is -4.69. The van der Waals surface area contributed by atoms with E-state index in [2.05, 4.69) is 9.20 Å². The summed E-state index contributed by atoms with van der Waals surface area (Å²) >= 11 is 0. The van der Waals surface area contributed by atoms with Crippen molar-refractivity contribution in [3.05, 3.63) is 35.9 Å². The van der Waals surface area contributed by atoms with Crippen molar-refractivity contribution in [1.82, 2.24) is 0 Å². The van der Waals surface area contributed by atoms with Crippen LogP contribution in [0.4, 0.5) is 0 Å². The van der Waals surface area contributed by atoms with Crippen molar-refractivity contribution in [3.63, 3.8) is 0 Å². The number of rotatable bonds is 3. The van der Waals surface area contributed by atoms with Crippen molar-refractivity contribution in [2.45, 2.75) is 0 Å². The van der Waals surface area contributed by atoms with E-state index in [0.29, 0.717) is 0 Å². The minimum Gasteiger partial charge on any atom is -0.365 e. The van der Waals surface area contributed by atoms with E-state index in [0.717, 1.165) is 0 Å². The molecule has 0 amide bonds. The largest absolute Gasteiger partial charge is 0.557 e. The van der Waals surface area contributed by atoms with E-state index in [1.165, 1.54) is 12.1 Å². The molecule has 1 aromatic carbocycles. The molecule has 0 radical (unpaired) electrons. The molecule has 0 bridgehead atoms. The molecule has 6 nitrogen and oxygen atoms in total. The molecule has 7 heteroatoms. The van der Waals surface area contributed by atoms with Crippen LogP contribution < -0.4 is 0 Å². The molecule has 0 aliphatic rings. The van der Waals surface area contributed by atoms with Crippen LogP contribution in [0.15, 0.2) is 30.3 Å². The Balaban J connectivity index is 2.74. The maximum atomic E-state index is 11.1. The SMILES string of the molecule is O=C(OP(=O)(O)OO)c1ccccc1. The quantitative estimate of drug-likeness (QED) is 0.452. The second kappa shape index (κ2) is 4.34. The first-order valence-electron chi connectivity index (χ1n) is 3.50. The Labute approximate surface area is 79.3 Å². The first-order chi connectivity index (χ1) is 6.55. The van der Waals surface area contributed by atoms with Crippen molar-refractivity contribution in [2.75, 3.05) is 0 Å². The molecule has 0 saturated heterocycles. The number of phosphoric acid groups is 1. The summed E-state index contributed by atoms with van der Waals surface area (Å²) < 4.78 is 17.7. The molecule has 0 aliphatic carbocycles. The van der Waals surface area contributed by atoms with Crippen molar-refractivity contribution >= 4 is 13.8 Å². The molecule has 14 heavy (non-hydrogen) atoms. The van der Waals surface area contributed by atoms with Crippen molar-refractivity contribution in [1.29, 1.82) is 0 Å². The van der Waals surface area contributed by atoms with E-state index in [-0.39, 0.29) is 5.56 Å². The van der Waals surface area contributed by atoms with Crippen LogP contribution in [0.5, 0.6) is 0 Å². The van der Waals surface area contributed by atoms with Gasteiger partial charge in [0.2, 0.25) is 0 Å². The van der Waals surface area contributed by atoms with Gasteiger partial charge in [-0.3, -0.25) is 4.89 Å². The Bertz CT molecular complexity index is 362. The number of carbonyl (C=O) groups is 1. The molecule has 0 aromatic heterocycles. The molecule has 2 N–H and O–H groups in total. The van der Waals surface area contributed by atoms with E-state index >= 15 is 0 Å². The third kappa shape index (κ3) is 2.93. The van der Waals surface area contributed by atoms with E-state index in [1.54, 1.807) is 18.2 Å². The van der Waals surface area contributed by atoms with Crippen molar-refractivity contribution in [2.24, 2.45) is 0 Å². The molecule has 1 unspecified atom stereocenters. The summed E-state index contributed by atoms with van der Waals surface area (Å²) in [4.78, 5) is 19.7. The molecular formula is C7H7O6P. The van der Waals surface area contributed by atoms with Gasteiger partial charge in [-0.05, 0) is 12.1 Å². The molecule has 0 fully saturated rings. The first kappa shape index (κ1) is 10.9. The van der Waals surface area contributed by atoms with E-state index in [1.807, 2.05) is 0 Å². The fourth-order valence-corrected chi connectivity index (χ4v) is 1.10. The van der Waals surface area contributed by atoms with Crippen LogP contribution >= 0.6 is 7.82 Å². The fraction of sp³-hybridized carbons (Fsp3) is 0. The Kier molecular flexibility index (Phi) is 3.38. The Hall–Kier alpha value is -1.20. The third-order valence-electron chi connectivity index (χ3n) is 1.31. The highest BCUT2D eigenvalue weighted by atomic mass is 31.2. The summed E-state index contributed by atoms with van der Waals surface area (Å²) in [6.07, 6.45) is 0. The summed E-state index contributed by atoms with van der Waals surface area (Å²) in [6.45, 7) is 0. The topological polar surface area (TPSA) is 93.1 Å². The van der Waals surface area contributed by atoms with Gasteiger partial charge < -0.3 is 4.52 Å². The molecule has 76 valence electrons. The summed E-state index contributed by atoms with van der Waals surface area (Å²) in [5.41, 5.74) is 0.0822.